The van der Waals surface area contributed by atoms with Crippen LogP contribution in [0.4, 0.5) is 5.69 Å². The predicted molar refractivity (Wildman–Crippen MR) is 69.1 cm³/mol. The molecule has 0 unspecified atom stereocenters. The van der Waals surface area contributed by atoms with E-state index in [0.717, 1.165) is 11.3 Å². The van der Waals surface area contributed by atoms with Crippen LogP contribution in [-0.4, -0.2) is 11.6 Å². The molecule has 2 rings (SSSR count). The van der Waals surface area contributed by atoms with Crippen molar-refractivity contribution in [2.45, 2.75) is 6.54 Å². The Morgan fingerprint density at radius 3 is 3.00 bits per heavy atom. The molecule has 4 heteroatoms. The number of benzene rings is 1. The van der Waals surface area contributed by atoms with Crippen LogP contribution >= 0.6 is 0 Å². The topological polar surface area (TPSA) is 57.9 Å². The smallest absolute Gasteiger partial charge is 0.174 e. The summed E-state index contributed by atoms with van der Waals surface area (Å²) in [5.41, 5.74) is 2.06. The first-order chi connectivity index (χ1) is 8.88. The van der Waals surface area contributed by atoms with Gasteiger partial charge in [-0.2, -0.15) is 5.26 Å². The van der Waals surface area contributed by atoms with E-state index in [4.69, 9.17) is 10.00 Å². The molecular formula is C14H13N3O. The van der Waals surface area contributed by atoms with E-state index in [2.05, 4.69) is 10.3 Å². The molecule has 0 saturated carbocycles. The van der Waals surface area contributed by atoms with E-state index in [9.17, 15) is 0 Å². The summed E-state index contributed by atoms with van der Waals surface area (Å²) in [5.74, 6) is 0.710. The molecule has 1 N–H and O–H groups in total. The summed E-state index contributed by atoms with van der Waals surface area (Å²) in [4.78, 5) is 4.03. The van der Waals surface area contributed by atoms with E-state index in [1.54, 1.807) is 12.4 Å². The summed E-state index contributed by atoms with van der Waals surface area (Å²) in [6.07, 6.45) is 3.51. The molecule has 1 heterocycles. The summed E-state index contributed by atoms with van der Waals surface area (Å²) in [6.45, 7) is 0.759. The molecule has 1 aromatic heterocycles. The van der Waals surface area contributed by atoms with E-state index in [1.807, 2.05) is 42.5 Å². The van der Waals surface area contributed by atoms with Gasteiger partial charge in [0.05, 0.1) is 5.69 Å². The minimum absolute atomic E-state index is 0.0689. The lowest BCUT2D eigenvalue weighted by molar-refractivity contribution is 0.368. The maximum atomic E-state index is 8.45. The SMILES string of the molecule is N#CCOc1cccc(CNc2cccnc2)c1. The van der Waals surface area contributed by atoms with Crippen LogP contribution in [0.5, 0.6) is 5.75 Å². The van der Waals surface area contributed by atoms with Gasteiger partial charge in [0.1, 0.15) is 11.8 Å². The molecule has 0 aliphatic carbocycles. The van der Waals surface area contributed by atoms with Crippen LogP contribution in [0.1, 0.15) is 5.56 Å². The molecule has 0 amide bonds. The highest BCUT2D eigenvalue weighted by Crippen LogP contribution is 2.14. The van der Waals surface area contributed by atoms with E-state index in [-0.39, 0.29) is 6.61 Å². The number of hydrogen-bond donors (Lipinski definition) is 1. The van der Waals surface area contributed by atoms with Crippen LogP contribution in [0.3, 0.4) is 0 Å². The Morgan fingerprint density at radius 1 is 1.28 bits per heavy atom. The molecule has 0 bridgehead atoms. The van der Waals surface area contributed by atoms with Crippen molar-refractivity contribution in [3.63, 3.8) is 0 Å². The fourth-order valence-corrected chi connectivity index (χ4v) is 1.53. The van der Waals surface area contributed by atoms with Gasteiger partial charge >= 0.3 is 0 Å². The Labute approximate surface area is 106 Å². The monoisotopic (exact) mass is 239 g/mol. The van der Waals surface area contributed by atoms with Crippen molar-refractivity contribution in [3.8, 4) is 11.8 Å². The van der Waals surface area contributed by atoms with E-state index in [1.165, 1.54) is 0 Å². The summed E-state index contributed by atoms with van der Waals surface area (Å²) in [6, 6.07) is 13.5. The lowest BCUT2D eigenvalue weighted by Crippen LogP contribution is -2.00. The maximum Gasteiger partial charge on any atom is 0.174 e. The number of nitrogens with one attached hydrogen (secondary N) is 1. The number of nitrogens with zero attached hydrogens (tertiary/aromatic N) is 2. The highest BCUT2D eigenvalue weighted by Gasteiger charge is 1.97. The van der Waals surface area contributed by atoms with Crippen molar-refractivity contribution < 1.29 is 4.74 Å². The highest BCUT2D eigenvalue weighted by molar-refractivity contribution is 5.41. The van der Waals surface area contributed by atoms with Gasteiger partial charge in [-0.25, -0.2) is 0 Å². The van der Waals surface area contributed by atoms with Crippen molar-refractivity contribution in [1.29, 1.82) is 5.26 Å². The Morgan fingerprint density at radius 2 is 2.22 bits per heavy atom. The van der Waals surface area contributed by atoms with Gasteiger partial charge in [-0.05, 0) is 29.8 Å². The Bertz CT molecular complexity index is 534. The van der Waals surface area contributed by atoms with Crippen molar-refractivity contribution in [2.24, 2.45) is 0 Å². The number of pyridine rings is 1. The largest absolute Gasteiger partial charge is 0.479 e. The van der Waals surface area contributed by atoms with Crippen LogP contribution in [-0.2, 0) is 6.54 Å². The lowest BCUT2D eigenvalue weighted by Gasteiger charge is -2.07. The standard InChI is InChI=1S/C14H13N3O/c15-6-8-18-14-5-1-3-12(9-14)10-17-13-4-2-7-16-11-13/h1-5,7,9,11,17H,8,10H2. The molecule has 18 heavy (non-hydrogen) atoms. The first-order valence-electron chi connectivity index (χ1n) is 5.61. The lowest BCUT2D eigenvalue weighted by atomic mass is 10.2. The van der Waals surface area contributed by atoms with Crippen LogP contribution in [0.2, 0.25) is 0 Å². The summed E-state index contributed by atoms with van der Waals surface area (Å²) >= 11 is 0. The van der Waals surface area contributed by atoms with E-state index >= 15 is 0 Å². The second-order valence-electron chi connectivity index (χ2n) is 3.69. The molecule has 0 aliphatic heterocycles. The Balaban J connectivity index is 1.95. The molecule has 0 fully saturated rings. The van der Waals surface area contributed by atoms with Crippen LogP contribution in [0.25, 0.3) is 0 Å². The zero-order chi connectivity index (χ0) is 12.6. The molecule has 4 nitrogen and oxygen atoms in total. The van der Waals surface area contributed by atoms with Gasteiger partial charge in [0.15, 0.2) is 6.61 Å². The van der Waals surface area contributed by atoms with Crippen LogP contribution in [0.15, 0.2) is 48.8 Å². The molecule has 0 saturated heterocycles. The molecule has 0 spiro atoms. The number of ether oxygens (including phenoxy) is 1. The van der Waals surface area contributed by atoms with Gasteiger partial charge in [-0.3, -0.25) is 4.98 Å². The number of aromatic nitrogens is 1. The van der Waals surface area contributed by atoms with Crippen molar-refractivity contribution >= 4 is 5.69 Å². The molecule has 1 aromatic carbocycles. The number of hydrogen-bond acceptors (Lipinski definition) is 4. The van der Waals surface area contributed by atoms with Gasteiger partial charge in [0.2, 0.25) is 0 Å². The molecule has 0 radical (unpaired) electrons. The van der Waals surface area contributed by atoms with Crippen LogP contribution < -0.4 is 10.1 Å². The second kappa shape index (κ2) is 6.26. The summed E-state index contributed by atoms with van der Waals surface area (Å²) < 4.78 is 5.25. The van der Waals surface area contributed by atoms with Gasteiger partial charge in [0, 0.05) is 18.9 Å². The van der Waals surface area contributed by atoms with Gasteiger partial charge < -0.3 is 10.1 Å². The van der Waals surface area contributed by atoms with E-state index in [0.29, 0.717) is 12.3 Å². The van der Waals surface area contributed by atoms with Gasteiger partial charge in [-0.1, -0.05) is 12.1 Å². The quantitative estimate of drug-likeness (QED) is 0.871. The predicted octanol–water partition coefficient (Wildman–Crippen LogP) is 2.60. The second-order valence-corrected chi connectivity index (χ2v) is 3.69. The minimum Gasteiger partial charge on any atom is -0.479 e. The average Bonchev–Trinajstić information content (AvgIpc) is 2.44. The average molecular weight is 239 g/mol. The third kappa shape index (κ3) is 3.49. The first-order valence-corrected chi connectivity index (χ1v) is 5.61. The third-order valence-corrected chi connectivity index (χ3v) is 2.36. The third-order valence-electron chi connectivity index (χ3n) is 2.36. The Kier molecular flexibility index (Phi) is 4.15. The number of rotatable bonds is 5. The van der Waals surface area contributed by atoms with Gasteiger partial charge in [0.25, 0.3) is 0 Å². The minimum atomic E-state index is 0.0689. The zero-order valence-electron chi connectivity index (χ0n) is 9.84. The van der Waals surface area contributed by atoms with Gasteiger partial charge in [-0.15, -0.1) is 0 Å². The normalized spacial score (nSPS) is 9.50. The molecule has 2 aromatic rings. The highest BCUT2D eigenvalue weighted by atomic mass is 16.5. The zero-order valence-corrected chi connectivity index (χ0v) is 9.84. The fourth-order valence-electron chi connectivity index (χ4n) is 1.53. The molecule has 0 atom stereocenters. The Hall–Kier alpha value is -2.54. The number of anilines is 1. The van der Waals surface area contributed by atoms with Crippen molar-refractivity contribution in [3.05, 3.63) is 54.4 Å². The van der Waals surface area contributed by atoms with E-state index < -0.39 is 0 Å². The maximum absolute atomic E-state index is 8.45. The summed E-state index contributed by atoms with van der Waals surface area (Å²) in [7, 11) is 0. The molecule has 0 aliphatic rings. The molecular weight excluding hydrogens is 226 g/mol. The molecule has 90 valence electrons. The number of nitriles is 1. The first kappa shape index (κ1) is 11.9. The van der Waals surface area contributed by atoms with Crippen molar-refractivity contribution in [1.82, 2.24) is 4.98 Å². The van der Waals surface area contributed by atoms with Crippen molar-refractivity contribution in [2.75, 3.05) is 11.9 Å². The summed E-state index contributed by atoms with van der Waals surface area (Å²) in [5, 5.41) is 11.7. The van der Waals surface area contributed by atoms with Crippen LogP contribution in [0, 0.1) is 11.3 Å². The fraction of sp³-hybridized carbons (Fsp3) is 0.143.